The predicted molar refractivity (Wildman–Crippen MR) is 62.0 cm³/mol. The van der Waals surface area contributed by atoms with Crippen molar-refractivity contribution in [1.29, 1.82) is 5.41 Å². The molecule has 1 heterocycles. The van der Waals surface area contributed by atoms with Gasteiger partial charge in [-0.1, -0.05) is 12.1 Å². The van der Waals surface area contributed by atoms with Crippen LogP contribution in [0.1, 0.15) is 12.5 Å². The number of hydrogen-bond donors (Lipinski definition) is 2. The lowest BCUT2D eigenvalue weighted by molar-refractivity contribution is 0.371. The van der Waals surface area contributed by atoms with Gasteiger partial charge in [0.25, 0.3) is 0 Å². The van der Waals surface area contributed by atoms with Crippen LogP contribution in [0, 0.1) is 11.2 Å². The van der Waals surface area contributed by atoms with Gasteiger partial charge in [0.1, 0.15) is 5.82 Å². The minimum Gasteiger partial charge on any atom is -0.354 e. The Hall–Kier alpha value is -1.58. The quantitative estimate of drug-likeness (QED) is 0.813. The standard InChI is InChI=1S/C12H16FN3/c1-9-8-15-12(14)16(9)6-5-10-3-2-4-11(13)7-10/h2-4,7,9H,5-6,8H2,1H3,(H2,14,15)/t9-/m0/s1. The summed E-state index contributed by atoms with van der Waals surface area (Å²) in [6, 6.07) is 6.99. The monoisotopic (exact) mass is 221 g/mol. The SMILES string of the molecule is C[C@H]1CNC(=N)N1CCc1cccc(F)c1. The highest BCUT2D eigenvalue weighted by molar-refractivity contribution is 5.79. The maximum Gasteiger partial charge on any atom is 0.191 e. The summed E-state index contributed by atoms with van der Waals surface area (Å²) in [5.41, 5.74) is 0.979. The molecule has 0 unspecified atom stereocenters. The molecule has 2 N–H and O–H groups in total. The molecule has 0 aromatic heterocycles. The van der Waals surface area contributed by atoms with Crippen LogP contribution < -0.4 is 5.32 Å². The summed E-state index contributed by atoms with van der Waals surface area (Å²) in [4.78, 5) is 2.00. The summed E-state index contributed by atoms with van der Waals surface area (Å²) in [6.07, 6.45) is 0.770. The highest BCUT2D eigenvalue weighted by Gasteiger charge is 2.23. The van der Waals surface area contributed by atoms with Crippen molar-refractivity contribution in [2.24, 2.45) is 0 Å². The minimum absolute atomic E-state index is 0.194. The van der Waals surface area contributed by atoms with Gasteiger partial charge in [0.05, 0.1) is 0 Å². The van der Waals surface area contributed by atoms with Crippen LogP contribution in [0.3, 0.4) is 0 Å². The Morgan fingerprint density at radius 1 is 1.56 bits per heavy atom. The van der Waals surface area contributed by atoms with E-state index in [1.54, 1.807) is 12.1 Å². The highest BCUT2D eigenvalue weighted by atomic mass is 19.1. The van der Waals surface area contributed by atoms with Crippen molar-refractivity contribution in [1.82, 2.24) is 10.2 Å². The largest absolute Gasteiger partial charge is 0.354 e. The van der Waals surface area contributed by atoms with E-state index in [0.29, 0.717) is 12.0 Å². The van der Waals surface area contributed by atoms with E-state index >= 15 is 0 Å². The first kappa shape index (κ1) is 10.9. The van der Waals surface area contributed by atoms with E-state index < -0.39 is 0 Å². The van der Waals surface area contributed by atoms with Crippen LogP contribution in [-0.2, 0) is 6.42 Å². The average molecular weight is 221 g/mol. The van der Waals surface area contributed by atoms with Crippen LogP contribution in [0.4, 0.5) is 4.39 Å². The van der Waals surface area contributed by atoms with Crippen LogP contribution in [0.2, 0.25) is 0 Å². The molecule has 0 bridgehead atoms. The molecule has 0 aliphatic carbocycles. The zero-order valence-electron chi connectivity index (χ0n) is 9.33. The molecule has 1 aromatic rings. The summed E-state index contributed by atoms with van der Waals surface area (Å²) < 4.78 is 13.0. The first-order valence-electron chi connectivity index (χ1n) is 5.50. The number of nitrogens with zero attached hydrogens (tertiary/aromatic N) is 1. The number of halogens is 1. The van der Waals surface area contributed by atoms with Gasteiger partial charge < -0.3 is 10.2 Å². The van der Waals surface area contributed by atoms with Crippen molar-refractivity contribution in [3.8, 4) is 0 Å². The molecule has 3 nitrogen and oxygen atoms in total. The molecule has 1 saturated heterocycles. The summed E-state index contributed by atoms with van der Waals surface area (Å²) in [6.45, 7) is 3.67. The second-order valence-corrected chi connectivity index (χ2v) is 4.15. The molecule has 86 valence electrons. The Balaban J connectivity index is 1.94. The molecule has 1 aliphatic heterocycles. The lowest BCUT2D eigenvalue weighted by Gasteiger charge is -2.21. The van der Waals surface area contributed by atoms with Crippen LogP contribution >= 0.6 is 0 Å². The zero-order chi connectivity index (χ0) is 11.5. The molecule has 1 fully saturated rings. The van der Waals surface area contributed by atoms with Gasteiger partial charge >= 0.3 is 0 Å². The first-order chi connectivity index (χ1) is 7.66. The fourth-order valence-electron chi connectivity index (χ4n) is 1.95. The molecule has 1 aromatic carbocycles. The number of nitrogens with one attached hydrogen (secondary N) is 2. The van der Waals surface area contributed by atoms with Crippen molar-refractivity contribution in [3.63, 3.8) is 0 Å². The van der Waals surface area contributed by atoms with E-state index in [9.17, 15) is 4.39 Å². The van der Waals surface area contributed by atoms with Crippen molar-refractivity contribution in [2.45, 2.75) is 19.4 Å². The van der Waals surface area contributed by atoms with Gasteiger partial charge in [-0.3, -0.25) is 5.41 Å². The average Bonchev–Trinajstić information content (AvgIpc) is 2.56. The third kappa shape index (κ3) is 2.32. The van der Waals surface area contributed by atoms with E-state index in [1.165, 1.54) is 6.07 Å². The highest BCUT2D eigenvalue weighted by Crippen LogP contribution is 2.09. The minimum atomic E-state index is -0.194. The molecule has 0 saturated carbocycles. The molecule has 0 spiro atoms. The summed E-state index contributed by atoms with van der Waals surface area (Å²) in [5.74, 6) is 0.282. The fraction of sp³-hybridized carbons (Fsp3) is 0.417. The maximum absolute atomic E-state index is 13.0. The molecule has 0 amide bonds. The van der Waals surface area contributed by atoms with E-state index in [1.807, 2.05) is 11.0 Å². The smallest absolute Gasteiger partial charge is 0.191 e. The van der Waals surface area contributed by atoms with Crippen molar-refractivity contribution in [2.75, 3.05) is 13.1 Å². The van der Waals surface area contributed by atoms with Crippen LogP contribution in [-0.4, -0.2) is 30.0 Å². The van der Waals surface area contributed by atoms with Gasteiger partial charge in [-0.2, -0.15) is 0 Å². The van der Waals surface area contributed by atoms with Crippen molar-refractivity contribution >= 4 is 5.96 Å². The molecule has 16 heavy (non-hydrogen) atoms. The third-order valence-corrected chi connectivity index (χ3v) is 2.91. The zero-order valence-corrected chi connectivity index (χ0v) is 9.33. The topological polar surface area (TPSA) is 39.1 Å². The lowest BCUT2D eigenvalue weighted by Crippen LogP contribution is -2.34. The Kier molecular flexibility index (Phi) is 3.08. The maximum atomic E-state index is 13.0. The molecule has 1 aliphatic rings. The van der Waals surface area contributed by atoms with Crippen LogP contribution in [0.25, 0.3) is 0 Å². The van der Waals surface area contributed by atoms with Crippen LogP contribution in [0.15, 0.2) is 24.3 Å². The number of benzene rings is 1. The Morgan fingerprint density at radius 2 is 2.38 bits per heavy atom. The van der Waals surface area contributed by atoms with E-state index in [2.05, 4.69) is 12.2 Å². The second-order valence-electron chi connectivity index (χ2n) is 4.15. The second kappa shape index (κ2) is 4.51. The van der Waals surface area contributed by atoms with E-state index in [0.717, 1.165) is 25.1 Å². The number of guanidine groups is 1. The van der Waals surface area contributed by atoms with Gasteiger partial charge in [-0.05, 0) is 31.0 Å². The molecule has 1 atom stereocenters. The van der Waals surface area contributed by atoms with Gasteiger partial charge in [-0.15, -0.1) is 0 Å². The van der Waals surface area contributed by atoms with Crippen molar-refractivity contribution in [3.05, 3.63) is 35.6 Å². The van der Waals surface area contributed by atoms with Gasteiger partial charge in [0.2, 0.25) is 0 Å². The number of hydrogen-bond acceptors (Lipinski definition) is 1. The summed E-state index contributed by atoms with van der Waals surface area (Å²) in [5, 5.41) is 10.7. The molecule has 4 heteroatoms. The molecular formula is C12H16FN3. The van der Waals surface area contributed by atoms with Gasteiger partial charge in [0.15, 0.2) is 5.96 Å². The fourth-order valence-corrected chi connectivity index (χ4v) is 1.95. The first-order valence-corrected chi connectivity index (χ1v) is 5.50. The van der Waals surface area contributed by atoms with E-state index in [-0.39, 0.29) is 5.82 Å². The van der Waals surface area contributed by atoms with Crippen molar-refractivity contribution < 1.29 is 4.39 Å². The summed E-state index contributed by atoms with van der Waals surface area (Å²) >= 11 is 0. The lowest BCUT2D eigenvalue weighted by atomic mass is 10.1. The predicted octanol–water partition coefficient (Wildman–Crippen LogP) is 1.60. The van der Waals surface area contributed by atoms with E-state index in [4.69, 9.17) is 5.41 Å². The summed E-state index contributed by atoms with van der Waals surface area (Å²) in [7, 11) is 0. The van der Waals surface area contributed by atoms with Gasteiger partial charge in [0, 0.05) is 19.1 Å². The van der Waals surface area contributed by atoms with Crippen LogP contribution in [0.5, 0.6) is 0 Å². The normalized spacial score (nSPS) is 20.0. The molecular weight excluding hydrogens is 205 g/mol. The molecule has 0 radical (unpaired) electrons. The Labute approximate surface area is 94.8 Å². The van der Waals surface area contributed by atoms with Gasteiger partial charge in [-0.25, -0.2) is 4.39 Å². The Bertz CT molecular complexity index is 392. The Morgan fingerprint density at radius 3 is 3.00 bits per heavy atom. The molecule has 2 rings (SSSR count). The third-order valence-electron chi connectivity index (χ3n) is 2.91. The number of rotatable bonds is 3.